The van der Waals surface area contributed by atoms with Crippen molar-refractivity contribution >= 4 is 51.2 Å². The molecule has 0 radical (unpaired) electrons. The molecule has 3 fully saturated rings. The average molecular weight is 1130 g/mol. The van der Waals surface area contributed by atoms with Crippen molar-refractivity contribution in [1.82, 2.24) is 9.62 Å². The van der Waals surface area contributed by atoms with Gasteiger partial charge >= 0.3 is 22.3 Å². The molecule has 3 heterocycles. The molecule has 1 aromatic rings. The number of rotatable bonds is 10. The van der Waals surface area contributed by atoms with Crippen LogP contribution in [-0.2, 0) is 62.6 Å². The van der Waals surface area contributed by atoms with Gasteiger partial charge in [0.1, 0.15) is 42.0 Å². The predicted molar refractivity (Wildman–Crippen MR) is 293 cm³/mol. The number of anilines is 1. The van der Waals surface area contributed by atoms with Crippen LogP contribution in [0.25, 0.3) is 0 Å². The van der Waals surface area contributed by atoms with E-state index < -0.39 is 112 Å². The zero-order valence-electron chi connectivity index (χ0n) is 47.5. The molecule has 1 saturated carbocycles. The van der Waals surface area contributed by atoms with Gasteiger partial charge in [0.25, 0.3) is 11.7 Å². The molecule has 15 atom stereocenters. The molecule has 0 unspecified atom stereocenters. The van der Waals surface area contributed by atoms with Gasteiger partial charge in [-0.15, -0.1) is 0 Å². The van der Waals surface area contributed by atoms with Crippen LogP contribution in [0.3, 0.4) is 0 Å². The lowest BCUT2D eigenvalue weighted by molar-refractivity contribution is -0.265. The second-order valence-electron chi connectivity index (χ2n) is 22.2. The van der Waals surface area contributed by atoms with Gasteiger partial charge in [0.05, 0.1) is 24.0 Å². The van der Waals surface area contributed by atoms with Crippen molar-refractivity contribution in [3.8, 4) is 5.75 Å². The van der Waals surface area contributed by atoms with E-state index in [-0.39, 0.29) is 67.1 Å². The number of allylic oxidation sites excluding steroid dienone is 6. The number of ketones is 3. The minimum Gasteiger partial charge on any atom is -0.508 e. The van der Waals surface area contributed by atoms with Gasteiger partial charge in [-0.25, -0.2) is 14.3 Å². The Morgan fingerprint density at radius 1 is 0.861 bits per heavy atom. The summed E-state index contributed by atoms with van der Waals surface area (Å²) in [6.45, 7) is 12.4. The number of benzene rings is 1. The number of nitrogens with one attached hydrogen (secondary N) is 2. The van der Waals surface area contributed by atoms with Crippen molar-refractivity contribution in [1.29, 1.82) is 0 Å². The van der Waals surface area contributed by atoms with Crippen molar-refractivity contribution < 1.29 is 80.9 Å². The molecule has 1 aliphatic carbocycles. The zero-order valence-corrected chi connectivity index (χ0v) is 48.3. The number of hydrogen-bond acceptors (Lipinski definition) is 17. The molecule has 3 aliphatic heterocycles. The molecule has 2 saturated heterocycles. The Balaban J connectivity index is 1.41. The number of phenolic OH excluding ortho intramolecular Hbond substituents is 1. The third-order valence-corrected chi connectivity index (χ3v) is 17.0. The van der Waals surface area contributed by atoms with E-state index in [9.17, 15) is 52.5 Å². The van der Waals surface area contributed by atoms with Crippen LogP contribution in [0.15, 0.2) is 71.9 Å². The molecular formula is C58H85N3O17S. The van der Waals surface area contributed by atoms with E-state index in [4.69, 9.17) is 28.4 Å². The van der Waals surface area contributed by atoms with Gasteiger partial charge in [-0.1, -0.05) is 71.1 Å². The molecule has 0 aromatic heterocycles. The highest BCUT2D eigenvalue weighted by Gasteiger charge is 2.53. The van der Waals surface area contributed by atoms with Crippen LogP contribution in [-0.4, -0.2) is 146 Å². The third-order valence-electron chi connectivity index (χ3n) is 16.0. The summed E-state index contributed by atoms with van der Waals surface area (Å²) in [7, 11) is -0.0819. The molecule has 4 aliphatic rings. The number of fused-ring (bicyclic) bond motifs is 3. The Bertz CT molecular complexity index is 2510. The van der Waals surface area contributed by atoms with E-state index in [2.05, 4.69) is 4.72 Å². The number of nitrogens with zero attached hydrogens (tertiary/aromatic N) is 1. The van der Waals surface area contributed by atoms with Gasteiger partial charge in [0.15, 0.2) is 5.78 Å². The first-order valence-corrected chi connectivity index (χ1v) is 29.1. The fourth-order valence-electron chi connectivity index (χ4n) is 11.2. The van der Waals surface area contributed by atoms with E-state index in [1.807, 2.05) is 55.9 Å². The van der Waals surface area contributed by atoms with Gasteiger partial charge < -0.3 is 48.6 Å². The van der Waals surface area contributed by atoms with E-state index in [0.29, 0.717) is 56.9 Å². The summed E-state index contributed by atoms with van der Waals surface area (Å²) in [4.78, 5) is 85.5. The summed E-state index contributed by atoms with van der Waals surface area (Å²) >= 11 is 0. The second kappa shape index (κ2) is 29.4. The lowest BCUT2D eigenvalue weighted by atomic mass is 9.78. The largest absolute Gasteiger partial charge is 0.508 e. The Kier molecular flexibility index (Phi) is 24.0. The number of piperidine rings is 1. The van der Waals surface area contributed by atoms with Crippen molar-refractivity contribution in [2.45, 2.75) is 180 Å². The zero-order chi connectivity index (χ0) is 58.4. The van der Waals surface area contributed by atoms with Crippen LogP contribution >= 0.6 is 0 Å². The first-order valence-electron chi connectivity index (χ1n) is 27.6. The number of methoxy groups -OCH3 is 3. The van der Waals surface area contributed by atoms with Crippen molar-refractivity contribution in [3.63, 3.8) is 0 Å². The summed E-state index contributed by atoms with van der Waals surface area (Å²) < 4.78 is 64.6. The van der Waals surface area contributed by atoms with Crippen LogP contribution in [0, 0.1) is 35.5 Å². The molecule has 1 aromatic carbocycles. The number of aliphatic hydroxyl groups is 2. The summed E-state index contributed by atoms with van der Waals surface area (Å²) in [5.74, 6) is -9.12. The van der Waals surface area contributed by atoms with Crippen LogP contribution in [0.5, 0.6) is 5.75 Å². The van der Waals surface area contributed by atoms with Crippen molar-refractivity contribution in [2.24, 2.45) is 35.5 Å². The smallest absolute Gasteiger partial charge is 0.422 e. The van der Waals surface area contributed by atoms with E-state index in [0.717, 1.165) is 10.5 Å². The predicted octanol–water partition coefficient (Wildman–Crippen LogP) is 6.98. The van der Waals surface area contributed by atoms with Crippen LogP contribution in [0.1, 0.15) is 126 Å². The molecule has 5 rings (SSSR count). The topological polar surface area (TPSA) is 280 Å². The van der Waals surface area contributed by atoms with E-state index >= 15 is 0 Å². The number of carbonyl (C=O) groups is 6. The fraction of sp³-hybridized carbons (Fsp3) is 0.655. The number of phenols is 1. The first kappa shape index (κ1) is 64.5. The highest BCUT2D eigenvalue weighted by atomic mass is 32.2. The van der Waals surface area contributed by atoms with Crippen molar-refractivity contribution in [3.05, 3.63) is 71.9 Å². The molecule has 5 N–H and O–H groups in total. The maximum Gasteiger partial charge on any atom is 0.422 e. The van der Waals surface area contributed by atoms with E-state index in [1.54, 1.807) is 40.9 Å². The Morgan fingerprint density at radius 3 is 2.24 bits per heavy atom. The molecule has 79 heavy (non-hydrogen) atoms. The third kappa shape index (κ3) is 17.9. The highest BCUT2D eigenvalue weighted by molar-refractivity contribution is 7.91. The number of esters is 1. The van der Waals surface area contributed by atoms with Gasteiger partial charge in [0.2, 0.25) is 5.79 Å². The summed E-state index contributed by atoms with van der Waals surface area (Å²) in [6, 6.07) is 3.92. The molecular weight excluding hydrogens is 1040 g/mol. The first-order chi connectivity index (χ1) is 37.3. The minimum atomic E-state index is -4.42. The van der Waals surface area contributed by atoms with Crippen LogP contribution in [0.4, 0.5) is 10.5 Å². The second-order valence-corrected chi connectivity index (χ2v) is 23.6. The number of aromatic hydroxyl groups is 1. The number of cyclic esters (lactones) is 1. The molecule has 440 valence electrons. The highest BCUT2D eigenvalue weighted by Crippen LogP contribution is 2.38. The number of Topliss-reactive ketones (excluding diaryl/α,β-unsaturated/α-hetero) is 3. The number of hydrogen-bond donors (Lipinski definition) is 5. The minimum absolute atomic E-state index is 0.0184. The SMILES string of the molecule is CO[C@H]1C[C@@H]2CC[C@@H](C)[C@@](O)(O2)C(=O)C(=O)N2CCCC[C@H]2C(=O)O[C@H]([C@H](C)C[C@@H]2CC[C@@H](OC(=O)NS(=O)(=O)Nc3ccc(O)cc3)[C@H](OC)C2)CC(=O)[C@H](C)/C=C(\C)[C@@H](O)[C@@H](OC)C(=O)[C@H](C)C[C@H](C)/C=C/C=C/C=C/1C. The summed E-state index contributed by atoms with van der Waals surface area (Å²) in [6.07, 6.45) is 7.35. The Labute approximate surface area is 465 Å². The van der Waals surface area contributed by atoms with Gasteiger partial charge in [-0.05, 0) is 131 Å². The Hall–Kier alpha value is -5.29. The maximum atomic E-state index is 14.6. The number of carbonyl (C=O) groups excluding carboxylic acids is 6. The lowest BCUT2D eigenvalue weighted by Crippen LogP contribution is -2.61. The monoisotopic (exact) mass is 1130 g/mol. The molecule has 21 heteroatoms. The van der Waals surface area contributed by atoms with E-state index in [1.165, 1.54) is 38.5 Å². The summed E-state index contributed by atoms with van der Waals surface area (Å²) in [5.41, 5.74) is 1.26. The number of aliphatic hydroxyl groups excluding tert-OH is 1. The maximum absolute atomic E-state index is 14.6. The fourth-order valence-corrected chi connectivity index (χ4v) is 12.0. The van der Waals surface area contributed by atoms with Crippen LogP contribution < -0.4 is 9.44 Å². The quantitative estimate of drug-likeness (QED) is 0.0684. The van der Waals surface area contributed by atoms with Gasteiger partial charge in [-0.2, -0.15) is 8.42 Å². The average Bonchev–Trinajstić information content (AvgIpc) is 3.44. The van der Waals surface area contributed by atoms with Crippen molar-refractivity contribution in [2.75, 3.05) is 32.6 Å². The normalized spacial score (nSPS) is 35.3. The lowest BCUT2D eigenvalue weighted by Gasteiger charge is -2.42. The molecule has 2 amide bonds. The van der Waals surface area contributed by atoms with Gasteiger partial charge in [0, 0.05) is 58.5 Å². The standard InChI is InChI=1S/C58H85N3O17S/c1-34-16-12-11-13-17-35(2)48(73-8)32-44-25-19-40(7)58(70,78-44)54(66)55(67)61-27-15-14-18-45(61)56(68)76-49(33-46(63)36(3)29-39(6)52(65)53(75-10)51(64)38(5)28-34)37(4)30-41-20-26-47(50(31-41)74-9)77-57(69)60-79(71,72)59-42-21-23-43(62)24-22-42/h11-13,16-17,21-24,29,34,36-38,40-41,44-45,47-50,52-53,59,62,65,70H,14-15,18-20,25-28,30-33H2,1-10H3,(H,60,69)/b13-11+,16-12+,35-17+,39-29+/t34-,36-,37-,38-,40-,41+,44+,45+,47-,48+,49+,50-,52-,53+,58-/m1/s1. The number of ether oxygens (including phenoxy) is 6. The van der Waals surface area contributed by atoms with Crippen LogP contribution in [0.2, 0.25) is 0 Å². The molecule has 20 nitrogen and oxygen atoms in total. The Morgan fingerprint density at radius 2 is 1.57 bits per heavy atom. The van der Waals surface area contributed by atoms with Gasteiger partial charge in [-0.3, -0.25) is 23.9 Å². The molecule has 0 spiro atoms. The number of amides is 2. The summed E-state index contributed by atoms with van der Waals surface area (Å²) in [5, 5.41) is 33.1. The molecule has 2 bridgehead atoms.